The third kappa shape index (κ3) is 3.47. The van der Waals surface area contributed by atoms with Crippen LogP contribution in [0.3, 0.4) is 0 Å². The van der Waals surface area contributed by atoms with Crippen molar-refractivity contribution in [3.8, 4) is 0 Å². The fourth-order valence-electron chi connectivity index (χ4n) is 3.20. The highest BCUT2D eigenvalue weighted by Gasteiger charge is 2.36. The molecule has 0 radical (unpaired) electrons. The lowest BCUT2D eigenvalue weighted by Crippen LogP contribution is -2.42. The largest absolute Gasteiger partial charge is 0.330 e. The van der Waals surface area contributed by atoms with E-state index in [2.05, 4.69) is 4.98 Å². The van der Waals surface area contributed by atoms with Crippen molar-refractivity contribution in [3.63, 3.8) is 0 Å². The van der Waals surface area contributed by atoms with Gasteiger partial charge in [0.25, 0.3) is 0 Å². The Hall–Kier alpha value is -1.45. The van der Waals surface area contributed by atoms with Crippen molar-refractivity contribution in [2.24, 2.45) is 0 Å². The van der Waals surface area contributed by atoms with E-state index in [1.807, 2.05) is 28.8 Å². The van der Waals surface area contributed by atoms with Crippen LogP contribution in [0.2, 0.25) is 0 Å². The van der Waals surface area contributed by atoms with Gasteiger partial charge in [0.1, 0.15) is 0 Å². The van der Waals surface area contributed by atoms with Gasteiger partial charge in [0.05, 0.1) is 34.6 Å². The highest BCUT2D eigenvalue weighted by atomic mass is 32.2. The van der Waals surface area contributed by atoms with E-state index < -0.39 is 25.9 Å². The summed E-state index contributed by atoms with van der Waals surface area (Å²) in [6, 6.07) is 7.11. The number of benzene rings is 1. The number of hydrogen-bond donors (Lipinski definition) is 0. The Morgan fingerprint density at radius 3 is 2.75 bits per heavy atom. The van der Waals surface area contributed by atoms with Gasteiger partial charge in [0, 0.05) is 19.1 Å². The zero-order valence-corrected chi connectivity index (χ0v) is 15.1. The summed E-state index contributed by atoms with van der Waals surface area (Å²) in [6.45, 7) is 2.32. The van der Waals surface area contributed by atoms with E-state index in [0.717, 1.165) is 11.0 Å². The maximum atomic E-state index is 12.7. The van der Waals surface area contributed by atoms with Crippen LogP contribution in [0.1, 0.15) is 13.3 Å². The van der Waals surface area contributed by atoms with Crippen LogP contribution in [0.4, 0.5) is 0 Å². The number of rotatable bonds is 6. The summed E-state index contributed by atoms with van der Waals surface area (Å²) in [5, 5.41) is 0. The molecule has 1 aromatic heterocycles. The van der Waals surface area contributed by atoms with Gasteiger partial charge >= 0.3 is 0 Å². The number of imidazole rings is 1. The first kappa shape index (κ1) is 17.4. The van der Waals surface area contributed by atoms with Crippen LogP contribution >= 0.6 is 0 Å². The second-order valence-corrected chi connectivity index (χ2v) is 10.3. The molecule has 1 atom stereocenters. The van der Waals surface area contributed by atoms with Gasteiger partial charge in [-0.1, -0.05) is 19.1 Å². The van der Waals surface area contributed by atoms with Crippen molar-refractivity contribution in [2.45, 2.75) is 25.9 Å². The molecule has 2 aromatic rings. The Bertz CT molecular complexity index is 935. The predicted octanol–water partition coefficient (Wildman–Crippen LogP) is 0.875. The summed E-state index contributed by atoms with van der Waals surface area (Å²) in [5.74, 6) is -0.0817. The Morgan fingerprint density at radius 2 is 2.08 bits per heavy atom. The SMILES string of the molecule is CCN(C1CCS(=O)(=O)C1)S(=O)(=O)CCn1cnc2ccccc21. The number of sulfone groups is 1. The predicted molar refractivity (Wildman–Crippen MR) is 93.0 cm³/mol. The van der Waals surface area contributed by atoms with E-state index in [1.165, 1.54) is 4.31 Å². The van der Waals surface area contributed by atoms with Gasteiger partial charge in [-0.2, -0.15) is 4.31 Å². The Kier molecular flexibility index (Phi) is 4.67. The summed E-state index contributed by atoms with van der Waals surface area (Å²) in [7, 11) is -6.65. The standard InChI is InChI=1S/C15H21N3O4S2/c1-2-18(13-7-9-23(19,20)11-13)24(21,22)10-8-17-12-16-14-5-3-4-6-15(14)17/h3-6,12-13H,2,7-11H2,1H3. The molecule has 0 saturated carbocycles. The van der Waals surface area contributed by atoms with Crippen LogP contribution in [0.15, 0.2) is 30.6 Å². The number of nitrogens with zero attached hydrogens (tertiary/aromatic N) is 3. The minimum Gasteiger partial charge on any atom is -0.330 e. The molecule has 1 fully saturated rings. The molecule has 1 aromatic carbocycles. The molecule has 1 saturated heterocycles. The summed E-state index contributed by atoms with van der Waals surface area (Å²) in [4.78, 5) is 4.26. The third-order valence-electron chi connectivity index (χ3n) is 4.40. The van der Waals surface area contributed by atoms with Crippen molar-refractivity contribution in [3.05, 3.63) is 30.6 Å². The highest BCUT2D eigenvalue weighted by molar-refractivity contribution is 7.92. The highest BCUT2D eigenvalue weighted by Crippen LogP contribution is 2.21. The van der Waals surface area contributed by atoms with E-state index in [1.54, 1.807) is 13.3 Å². The van der Waals surface area contributed by atoms with Crippen LogP contribution in [-0.2, 0) is 26.4 Å². The average Bonchev–Trinajstić information content (AvgIpc) is 3.09. The quantitative estimate of drug-likeness (QED) is 0.752. The first-order valence-electron chi connectivity index (χ1n) is 7.92. The lowest BCUT2D eigenvalue weighted by atomic mass is 10.3. The fraction of sp³-hybridized carbons (Fsp3) is 0.533. The van der Waals surface area contributed by atoms with Gasteiger partial charge < -0.3 is 4.57 Å². The van der Waals surface area contributed by atoms with Gasteiger partial charge in [-0.3, -0.25) is 0 Å². The molecule has 1 unspecified atom stereocenters. The zero-order valence-electron chi connectivity index (χ0n) is 13.5. The maximum Gasteiger partial charge on any atom is 0.216 e. The maximum absolute atomic E-state index is 12.7. The Balaban J connectivity index is 1.75. The molecule has 7 nitrogen and oxygen atoms in total. The molecule has 24 heavy (non-hydrogen) atoms. The van der Waals surface area contributed by atoms with E-state index in [4.69, 9.17) is 0 Å². The van der Waals surface area contributed by atoms with E-state index in [0.29, 0.717) is 13.0 Å². The smallest absolute Gasteiger partial charge is 0.216 e. The normalized spacial score (nSPS) is 20.8. The summed E-state index contributed by atoms with van der Waals surface area (Å²) < 4.78 is 51.8. The lowest BCUT2D eigenvalue weighted by molar-refractivity contribution is 0.353. The first-order valence-corrected chi connectivity index (χ1v) is 11.4. The summed E-state index contributed by atoms with van der Waals surface area (Å²) in [6.07, 6.45) is 2.01. The van der Waals surface area contributed by atoms with Gasteiger partial charge in [-0.25, -0.2) is 21.8 Å². The molecule has 3 rings (SSSR count). The molecule has 0 aliphatic carbocycles. The van der Waals surface area contributed by atoms with Crippen molar-refractivity contribution in [2.75, 3.05) is 23.8 Å². The van der Waals surface area contributed by atoms with Gasteiger partial charge in [-0.05, 0) is 18.6 Å². The van der Waals surface area contributed by atoms with E-state index >= 15 is 0 Å². The second-order valence-electron chi connectivity index (χ2n) is 6.00. The molecule has 2 heterocycles. The lowest BCUT2D eigenvalue weighted by Gasteiger charge is -2.26. The van der Waals surface area contributed by atoms with Gasteiger partial charge in [0.15, 0.2) is 9.84 Å². The molecule has 1 aliphatic heterocycles. The number of para-hydroxylation sites is 2. The first-order chi connectivity index (χ1) is 11.3. The Morgan fingerprint density at radius 1 is 1.33 bits per heavy atom. The molecule has 1 aliphatic rings. The number of hydrogen-bond acceptors (Lipinski definition) is 5. The molecule has 132 valence electrons. The van der Waals surface area contributed by atoms with Crippen molar-refractivity contribution >= 4 is 30.9 Å². The summed E-state index contributed by atoms with van der Waals surface area (Å²) >= 11 is 0. The van der Waals surface area contributed by atoms with Gasteiger partial charge in [0.2, 0.25) is 10.0 Å². The topological polar surface area (TPSA) is 89.3 Å². The van der Waals surface area contributed by atoms with Crippen LogP contribution in [0.25, 0.3) is 11.0 Å². The average molecular weight is 371 g/mol. The second kappa shape index (κ2) is 6.45. The molecule has 9 heteroatoms. The zero-order chi connectivity index (χ0) is 17.4. The number of fused-ring (bicyclic) bond motifs is 1. The van der Waals surface area contributed by atoms with E-state index in [-0.39, 0.29) is 23.8 Å². The minimum absolute atomic E-state index is 0.0653. The van der Waals surface area contributed by atoms with Crippen LogP contribution in [0, 0.1) is 0 Å². The molecule has 0 amide bonds. The van der Waals surface area contributed by atoms with Crippen molar-refractivity contribution in [1.82, 2.24) is 13.9 Å². The van der Waals surface area contributed by atoms with Crippen LogP contribution in [-0.4, -0.2) is 60.5 Å². The minimum atomic E-state index is -3.53. The number of sulfonamides is 1. The van der Waals surface area contributed by atoms with Gasteiger partial charge in [-0.15, -0.1) is 0 Å². The molecule has 0 spiro atoms. The van der Waals surface area contributed by atoms with Crippen molar-refractivity contribution < 1.29 is 16.8 Å². The van der Waals surface area contributed by atoms with E-state index in [9.17, 15) is 16.8 Å². The third-order valence-corrected chi connectivity index (χ3v) is 8.12. The number of aryl methyl sites for hydroxylation is 1. The molecule has 0 bridgehead atoms. The fourth-order valence-corrected chi connectivity index (χ4v) is 6.72. The Labute approximate surface area is 142 Å². The van der Waals surface area contributed by atoms with Crippen LogP contribution in [0.5, 0.6) is 0 Å². The van der Waals surface area contributed by atoms with Crippen LogP contribution < -0.4 is 0 Å². The molecule has 0 N–H and O–H groups in total. The summed E-state index contributed by atoms with van der Waals surface area (Å²) in [5.41, 5.74) is 1.71. The molecular formula is C15H21N3O4S2. The molecular weight excluding hydrogens is 350 g/mol. The van der Waals surface area contributed by atoms with Crippen molar-refractivity contribution in [1.29, 1.82) is 0 Å². The number of aromatic nitrogens is 2. The monoisotopic (exact) mass is 371 g/mol.